The van der Waals surface area contributed by atoms with E-state index in [-0.39, 0.29) is 17.3 Å². The van der Waals surface area contributed by atoms with Gasteiger partial charge in [0, 0.05) is 34.3 Å². The van der Waals surface area contributed by atoms with Gasteiger partial charge in [-0.1, -0.05) is 214 Å². The molecule has 0 fully saturated rings. The van der Waals surface area contributed by atoms with Crippen molar-refractivity contribution in [3.8, 4) is 22.3 Å². The van der Waals surface area contributed by atoms with Gasteiger partial charge in [-0.25, -0.2) is 0 Å². The Morgan fingerprint density at radius 2 is 1.04 bits per heavy atom. The number of fused-ring (bicyclic) bond motifs is 10. The van der Waals surface area contributed by atoms with Crippen LogP contribution in [0.25, 0.3) is 61.9 Å². The van der Waals surface area contributed by atoms with Crippen LogP contribution in [0.2, 0.25) is 0 Å². The van der Waals surface area contributed by atoms with Crippen LogP contribution in [-0.4, -0.2) is 0 Å². The van der Waals surface area contributed by atoms with E-state index in [1.807, 2.05) is 0 Å². The maximum atomic E-state index is 2.52. The molecule has 4 aliphatic carbocycles. The first kappa shape index (κ1) is 41.9. The van der Waals surface area contributed by atoms with Crippen molar-refractivity contribution >= 4 is 51.0 Å². The van der Waals surface area contributed by atoms with Gasteiger partial charge >= 0.3 is 0 Å². The van der Waals surface area contributed by atoms with Crippen LogP contribution in [0, 0.1) is 0 Å². The van der Waals surface area contributed by atoms with Gasteiger partial charge in [-0.3, -0.25) is 0 Å². The average Bonchev–Trinajstić information content (AvgIpc) is 3.65. The summed E-state index contributed by atoms with van der Waals surface area (Å²) < 4.78 is 0. The summed E-state index contributed by atoms with van der Waals surface area (Å²) in [5.41, 5.74) is 24.5. The van der Waals surface area contributed by atoms with Gasteiger partial charge in [-0.2, -0.15) is 0 Å². The summed E-state index contributed by atoms with van der Waals surface area (Å²) in [6.07, 6.45) is 16.2. The van der Waals surface area contributed by atoms with E-state index in [0.29, 0.717) is 0 Å². The minimum atomic E-state index is -0.151. The van der Waals surface area contributed by atoms with Gasteiger partial charge in [-0.05, 0) is 161 Å². The predicted octanol–water partition coefficient (Wildman–Crippen LogP) is 18.2. The molecular formula is C69H53N. The molecule has 0 bridgehead atoms. The highest BCUT2D eigenvalue weighted by atomic mass is 15.1. The molecule has 0 amide bonds. The van der Waals surface area contributed by atoms with Crippen LogP contribution in [0.3, 0.4) is 0 Å². The lowest BCUT2D eigenvalue weighted by molar-refractivity contribution is 0.660. The van der Waals surface area contributed by atoms with E-state index in [0.717, 1.165) is 12.8 Å². The third-order valence-corrected chi connectivity index (χ3v) is 15.5. The Balaban J connectivity index is 0.847. The Kier molecular flexibility index (Phi) is 10.2. The lowest BCUT2D eigenvalue weighted by atomic mass is 9.60. The lowest BCUT2D eigenvalue weighted by Gasteiger charge is -2.42. The predicted molar refractivity (Wildman–Crippen MR) is 297 cm³/mol. The van der Waals surface area contributed by atoms with Crippen molar-refractivity contribution in [3.05, 3.63) is 292 Å². The zero-order chi connectivity index (χ0) is 46.8. The molecule has 0 aromatic heterocycles. The number of allylic oxidation sites excluding steroid dienone is 7. The van der Waals surface area contributed by atoms with E-state index in [1.165, 1.54) is 117 Å². The van der Waals surface area contributed by atoms with Crippen molar-refractivity contribution in [2.24, 2.45) is 0 Å². The van der Waals surface area contributed by atoms with Crippen molar-refractivity contribution in [2.75, 3.05) is 4.90 Å². The molecule has 334 valence electrons. The highest BCUT2D eigenvalue weighted by Gasteiger charge is 2.42. The molecule has 4 aliphatic rings. The lowest BCUT2D eigenvalue weighted by Crippen LogP contribution is -2.24. The second kappa shape index (κ2) is 17.1. The molecule has 0 spiro atoms. The van der Waals surface area contributed by atoms with Crippen LogP contribution in [0.4, 0.5) is 11.4 Å². The summed E-state index contributed by atoms with van der Waals surface area (Å²) in [6.45, 7) is 4.77. The molecule has 0 N–H and O–H groups in total. The zero-order valence-corrected chi connectivity index (χ0v) is 39.7. The molecule has 1 nitrogen and oxygen atoms in total. The largest absolute Gasteiger partial charge is 0.311 e. The van der Waals surface area contributed by atoms with Crippen LogP contribution < -0.4 is 4.90 Å². The van der Waals surface area contributed by atoms with Gasteiger partial charge in [0.05, 0.1) is 0 Å². The van der Waals surface area contributed by atoms with Crippen molar-refractivity contribution in [3.63, 3.8) is 0 Å². The smallest absolute Gasteiger partial charge is 0.0464 e. The Labute approximate surface area is 412 Å². The van der Waals surface area contributed by atoms with Gasteiger partial charge in [0.25, 0.3) is 0 Å². The topological polar surface area (TPSA) is 3.24 Å². The molecule has 2 unspecified atom stereocenters. The average molecular weight is 896 g/mol. The van der Waals surface area contributed by atoms with Crippen molar-refractivity contribution in [1.82, 2.24) is 0 Å². The first-order valence-electron chi connectivity index (χ1n) is 25.0. The normalized spacial score (nSPS) is 17.3. The van der Waals surface area contributed by atoms with E-state index in [1.54, 1.807) is 0 Å². The number of hydrogen-bond donors (Lipinski definition) is 0. The van der Waals surface area contributed by atoms with E-state index in [9.17, 15) is 0 Å². The minimum absolute atomic E-state index is 0.134. The van der Waals surface area contributed by atoms with Crippen LogP contribution in [0.15, 0.2) is 242 Å². The van der Waals surface area contributed by atoms with E-state index >= 15 is 0 Å². The molecule has 2 atom stereocenters. The maximum absolute atomic E-state index is 2.52. The molecule has 9 aromatic carbocycles. The first-order chi connectivity index (χ1) is 34.5. The monoisotopic (exact) mass is 895 g/mol. The molecule has 0 heterocycles. The maximum Gasteiger partial charge on any atom is 0.0464 e. The summed E-state index contributed by atoms with van der Waals surface area (Å²) in [6, 6.07) is 79.3. The molecule has 70 heavy (non-hydrogen) atoms. The summed E-state index contributed by atoms with van der Waals surface area (Å²) in [7, 11) is 0. The van der Waals surface area contributed by atoms with Crippen LogP contribution in [0.1, 0.15) is 88.6 Å². The van der Waals surface area contributed by atoms with Gasteiger partial charge in [0.2, 0.25) is 0 Å². The van der Waals surface area contributed by atoms with Crippen molar-refractivity contribution in [1.29, 1.82) is 0 Å². The molecule has 0 saturated heterocycles. The van der Waals surface area contributed by atoms with Gasteiger partial charge in [-0.15, -0.1) is 0 Å². The van der Waals surface area contributed by atoms with E-state index in [2.05, 4.69) is 268 Å². The molecule has 13 rings (SSSR count). The summed E-state index contributed by atoms with van der Waals surface area (Å²) >= 11 is 0. The Hall–Kier alpha value is -8.26. The van der Waals surface area contributed by atoms with Crippen molar-refractivity contribution in [2.45, 2.75) is 43.9 Å². The molecule has 0 radical (unpaired) electrons. The van der Waals surface area contributed by atoms with E-state index < -0.39 is 0 Å². The quantitative estimate of drug-likeness (QED) is 0.137. The number of para-hydroxylation sites is 1. The first-order valence-corrected chi connectivity index (χ1v) is 25.0. The number of benzene rings is 9. The van der Waals surface area contributed by atoms with Crippen LogP contribution in [-0.2, 0) is 5.41 Å². The molecule has 0 saturated carbocycles. The highest BCUT2D eigenvalue weighted by molar-refractivity contribution is 6.08. The third-order valence-electron chi connectivity index (χ3n) is 15.5. The van der Waals surface area contributed by atoms with Gasteiger partial charge < -0.3 is 4.90 Å². The molecule has 0 aliphatic heterocycles. The van der Waals surface area contributed by atoms with E-state index in [4.69, 9.17) is 0 Å². The SMILES string of the molecule is CC1(C)c2cc(/C=C/c3ccc4cc(C5=C(c6ccccc6)C6c7ccccc7-c7ccccc7C6C(c6ccccc6)=C5)ccc4c3)ccc2-c2ccc(N(C3=CCCC=C3)c3ccccc3)cc21. The molecular weight excluding hydrogens is 843 g/mol. The summed E-state index contributed by atoms with van der Waals surface area (Å²) in [5, 5.41) is 2.47. The fourth-order valence-electron chi connectivity index (χ4n) is 12.1. The Bertz CT molecular complexity index is 3670. The van der Waals surface area contributed by atoms with Gasteiger partial charge in [0.15, 0.2) is 0 Å². The minimum Gasteiger partial charge on any atom is -0.311 e. The van der Waals surface area contributed by atoms with Crippen molar-refractivity contribution < 1.29 is 0 Å². The molecule has 9 aromatic rings. The number of anilines is 2. The van der Waals surface area contributed by atoms with Crippen LogP contribution in [0.5, 0.6) is 0 Å². The second-order valence-electron chi connectivity index (χ2n) is 19.9. The standard InChI is InChI=1S/C69H53N/c1-69(2)64-42-47(34-39-58(64)59-40-38-55(44-65(59)69)70(53-23-11-5-12-24-53)54-25-13-6-14-26-54)32-31-46-33-35-51-43-52(37-36-50(51)41-46)63-45-62(48-19-7-3-8-20-48)67-60-29-17-15-27-56(60)57-28-16-18-30-61(57)68(67)66(63)49-21-9-4-10-22-49/h3-5,7-13,15-45,67-68H,6,14H2,1-2H3/b32-31+. The summed E-state index contributed by atoms with van der Waals surface area (Å²) in [4.78, 5) is 2.41. The summed E-state index contributed by atoms with van der Waals surface area (Å²) in [5.74, 6) is 0.301. The van der Waals surface area contributed by atoms with Crippen LogP contribution >= 0.6 is 0 Å². The second-order valence-corrected chi connectivity index (χ2v) is 19.9. The number of hydrogen-bond acceptors (Lipinski definition) is 1. The Morgan fingerprint density at radius 1 is 0.457 bits per heavy atom. The fourth-order valence-corrected chi connectivity index (χ4v) is 12.1. The van der Waals surface area contributed by atoms with Gasteiger partial charge in [0.1, 0.15) is 0 Å². The highest BCUT2D eigenvalue weighted by Crippen LogP contribution is 2.61. The number of nitrogens with zero attached hydrogens (tertiary/aromatic N) is 1. The fraction of sp³-hybridized carbons (Fsp3) is 0.101. The number of rotatable bonds is 8. The molecule has 1 heteroatoms. The third kappa shape index (κ3) is 7.07. The Morgan fingerprint density at radius 3 is 1.76 bits per heavy atom. The zero-order valence-electron chi connectivity index (χ0n) is 39.7.